The SMILES string of the molecule is CCSc1ccc(CC2CNCCN2C)cc1. The van der Waals surface area contributed by atoms with Crippen LogP contribution in [0.15, 0.2) is 29.2 Å². The van der Waals surface area contributed by atoms with Crippen LogP contribution in [0.25, 0.3) is 0 Å². The van der Waals surface area contributed by atoms with Crippen LogP contribution in [0.3, 0.4) is 0 Å². The van der Waals surface area contributed by atoms with Gasteiger partial charge in [0.1, 0.15) is 0 Å². The minimum atomic E-state index is 0.647. The van der Waals surface area contributed by atoms with E-state index >= 15 is 0 Å². The molecule has 2 nitrogen and oxygen atoms in total. The summed E-state index contributed by atoms with van der Waals surface area (Å²) in [6.45, 7) is 5.59. The van der Waals surface area contributed by atoms with E-state index in [4.69, 9.17) is 0 Å². The van der Waals surface area contributed by atoms with Crippen LogP contribution in [0.5, 0.6) is 0 Å². The van der Waals surface area contributed by atoms with E-state index in [0.29, 0.717) is 6.04 Å². The maximum atomic E-state index is 3.47. The fraction of sp³-hybridized carbons (Fsp3) is 0.571. The zero-order valence-corrected chi connectivity index (χ0v) is 11.6. The molecule has 0 amide bonds. The van der Waals surface area contributed by atoms with Crippen molar-refractivity contribution < 1.29 is 0 Å². The molecule has 0 saturated carbocycles. The van der Waals surface area contributed by atoms with E-state index in [9.17, 15) is 0 Å². The van der Waals surface area contributed by atoms with Gasteiger partial charge in [0.25, 0.3) is 0 Å². The van der Waals surface area contributed by atoms with E-state index in [-0.39, 0.29) is 0 Å². The van der Waals surface area contributed by atoms with Gasteiger partial charge < -0.3 is 10.2 Å². The summed E-state index contributed by atoms with van der Waals surface area (Å²) in [6, 6.07) is 9.70. The van der Waals surface area contributed by atoms with Crippen LogP contribution in [0.4, 0.5) is 0 Å². The smallest absolute Gasteiger partial charge is 0.0258 e. The molecule has 0 radical (unpaired) electrons. The van der Waals surface area contributed by atoms with Crippen molar-refractivity contribution in [2.75, 3.05) is 32.4 Å². The van der Waals surface area contributed by atoms with Gasteiger partial charge in [-0.3, -0.25) is 0 Å². The number of piperazine rings is 1. The molecule has 94 valence electrons. The second-order valence-corrected chi connectivity index (χ2v) is 5.96. The van der Waals surface area contributed by atoms with Crippen molar-refractivity contribution >= 4 is 11.8 Å². The van der Waals surface area contributed by atoms with E-state index in [0.717, 1.165) is 31.8 Å². The second-order valence-electron chi connectivity index (χ2n) is 4.62. The fourth-order valence-electron chi connectivity index (χ4n) is 2.25. The van der Waals surface area contributed by atoms with Crippen LogP contribution in [0.2, 0.25) is 0 Å². The minimum absolute atomic E-state index is 0.647. The Labute approximate surface area is 109 Å². The van der Waals surface area contributed by atoms with E-state index < -0.39 is 0 Å². The summed E-state index contributed by atoms with van der Waals surface area (Å²) in [5.74, 6) is 1.15. The molecule has 3 heteroatoms. The summed E-state index contributed by atoms with van der Waals surface area (Å²) in [6.07, 6.45) is 1.15. The Hall–Kier alpha value is -0.510. The van der Waals surface area contributed by atoms with Crippen LogP contribution >= 0.6 is 11.8 Å². The highest BCUT2D eigenvalue weighted by atomic mass is 32.2. The quantitative estimate of drug-likeness (QED) is 0.825. The first-order chi connectivity index (χ1) is 8.29. The molecule has 1 heterocycles. The van der Waals surface area contributed by atoms with Crippen LogP contribution in [0, 0.1) is 0 Å². The molecule has 0 aliphatic carbocycles. The van der Waals surface area contributed by atoms with Gasteiger partial charge in [-0.2, -0.15) is 0 Å². The van der Waals surface area contributed by atoms with Crippen LogP contribution < -0.4 is 5.32 Å². The minimum Gasteiger partial charge on any atom is -0.314 e. The molecular formula is C14H22N2S. The summed E-state index contributed by atoms with van der Waals surface area (Å²) >= 11 is 1.91. The summed E-state index contributed by atoms with van der Waals surface area (Å²) in [5, 5.41) is 3.47. The molecule has 0 spiro atoms. The first-order valence-electron chi connectivity index (χ1n) is 6.42. The Kier molecular flexibility index (Phi) is 4.89. The lowest BCUT2D eigenvalue weighted by Gasteiger charge is -2.33. The number of thioether (sulfide) groups is 1. The van der Waals surface area contributed by atoms with Crippen molar-refractivity contribution in [1.82, 2.24) is 10.2 Å². The van der Waals surface area contributed by atoms with Gasteiger partial charge in [0.15, 0.2) is 0 Å². The summed E-state index contributed by atoms with van der Waals surface area (Å²) in [5.41, 5.74) is 1.45. The average Bonchev–Trinajstić information content (AvgIpc) is 2.35. The van der Waals surface area contributed by atoms with Gasteiger partial charge in [0.05, 0.1) is 0 Å². The molecule has 1 aromatic carbocycles. The Bertz CT molecular complexity index is 337. The number of likely N-dealkylation sites (N-methyl/N-ethyl adjacent to an activating group) is 1. The van der Waals surface area contributed by atoms with Gasteiger partial charge in [-0.15, -0.1) is 11.8 Å². The van der Waals surface area contributed by atoms with Crippen molar-refractivity contribution in [2.24, 2.45) is 0 Å². The van der Waals surface area contributed by atoms with Gasteiger partial charge in [-0.25, -0.2) is 0 Å². The number of nitrogens with one attached hydrogen (secondary N) is 1. The fourth-order valence-corrected chi connectivity index (χ4v) is 2.91. The van der Waals surface area contributed by atoms with E-state index in [1.807, 2.05) is 11.8 Å². The van der Waals surface area contributed by atoms with Crippen molar-refractivity contribution in [2.45, 2.75) is 24.3 Å². The first kappa shape index (κ1) is 12.9. The van der Waals surface area contributed by atoms with E-state index in [2.05, 4.69) is 48.5 Å². The molecular weight excluding hydrogens is 228 g/mol. The third-order valence-corrected chi connectivity index (χ3v) is 4.24. The molecule has 1 aliphatic rings. The number of hydrogen-bond donors (Lipinski definition) is 1. The Balaban J connectivity index is 1.93. The second kappa shape index (κ2) is 6.43. The van der Waals surface area contributed by atoms with E-state index in [1.54, 1.807) is 0 Å². The van der Waals surface area contributed by atoms with Gasteiger partial charge in [0.2, 0.25) is 0 Å². The molecule has 2 rings (SSSR count). The topological polar surface area (TPSA) is 15.3 Å². The molecule has 1 aliphatic heterocycles. The molecule has 1 fully saturated rings. The Morgan fingerprint density at radius 3 is 2.76 bits per heavy atom. The largest absolute Gasteiger partial charge is 0.314 e. The van der Waals surface area contributed by atoms with Gasteiger partial charge in [-0.05, 0) is 36.9 Å². The lowest BCUT2D eigenvalue weighted by molar-refractivity contribution is 0.199. The third-order valence-electron chi connectivity index (χ3n) is 3.35. The lowest BCUT2D eigenvalue weighted by Crippen LogP contribution is -2.50. The molecule has 0 aromatic heterocycles. The molecule has 1 unspecified atom stereocenters. The van der Waals surface area contributed by atoms with Crippen LogP contribution in [0.1, 0.15) is 12.5 Å². The van der Waals surface area contributed by atoms with Crippen molar-refractivity contribution in [1.29, 1.82) is 0 Å². The predicted molar refractivity (Wildman–Crippen MR) is 75.8 cm³/mol. The highest BCUT2D eigenvalue weighted by Gasteiger charge is 2.18. The monoisotopic (exact) mass is 250 g/mol. The van der Waals surface area contributed by atoms with Gasteiger partial charge >= 0.3 is 0 Å². The first-order valence-corrected chi connectivity index (χ1v) is 7.41. The predicted octanol–water partition coefficient (Wildman–Crippen LogP) is 2.24. The summed E-state index contributed by atoms with van der Waals surface area (Å²) in [7, 11) is 2.23. The number of nitrogens with zero attached hydrogens (tertiary/aromatic N) is 1. The van der Waals surface area contributed by atoms with Crippen molar-refractivity contribution in [3.8, 4) is 0 Å². The molecule has 17 heavy (non-hydrogen) atoms. The third kappa shape index (κ3) is 3.73. The molecule has 1 N–H and O–H groups in total. The van der Waals surface area contributed by atoms with Gasteiger partial charge in [-0.1, -0.05) is 19.1 Å². The standard InChI is InChI=1S/C14H22N2S/c1-3-17-14-6-4-12(5-7-14)10-13-11-15-8-9-16(13)2/h4-7,13,15H,3,8-11H2,1-2H3. The molecule has 1 aromatic rings. The number of benzene rings is 1. The molecule has 1 saturated heterocycles. The van der Waals surface area contributed by atoms with Crippen LogP contribution in [-0.4, -0.2) is 43.4 Å². The maximum Gasteiger partial charge on any atom is 0.0258 e. The summed E-state index contributed by atoms with van der Waals surface area (Å²) in [4.78, 5) is 3.84. The van der Waals surface area contributed by atoms with Crippen molar-refractivity contribution in [3.05, 3.63) is 29.8 Å². The van der Waals surface area contributed by atoms with Crippen molar-refractivity contribution in [3.63, 3.8) is 0 Å². The maximum absolute atomic E-state index is 3.47. The lowest BCUT2D eigenvalue weighted by atomic mass is 10.0. The highest BCUT2D eigenvalue weighted by molar-refractivity contribution is 7.99. The zero-order chi connectivity index (χ0) is 12.1. The molecule has 1 atom stereocenters. The normalized spacial score (nSPS) is 21.6. The number of rotatable bonds is 4. The Morgan fingerprint density at radius 1 is 1.35 bits per heavy atom. The van der Waals surface area contributed by atoms with Gasteiger partial charge in [0, 0.05) is 30.6 Å². The Morgan fingerprint density at radius 2 is 2.12 bits per heavy atom. The van der Waals surface area contributed by atoms with Crippen LogP contribution in [-0.2, 0) is 6.42 Å². The summed E-state index contributed by atoms with van der Waals surface area (Å²) < 4.78 is 0. The molecule has 0 bridgehead atoms. The number of hydrogen-bond acceptors (Lipinski definition) is 3. The highest BCUT2D eigenvalue weighted by Crippen LogP contribution is 2.19. The zero-order valence-electron chi connectivity index (χ0n) is 10.8. The van der Waals surface area contributed by atoms with E-state index in [1.165, 1.54) is 10.5 Å². The average molecular weight is 250 g/mol.